The largest absolute Gasteiger partial charge is 0.469 e. The van der Waals surface area contributed by atoms with Crippen LogP contribution in [0, 0.1) is 5.92 Å². The molecule has 1 fully saturated rings. The minimum absolute atomic E-state index is 0.0206. The molecular weight excluding hydrogens is 440 g/mol. The van der Waals surface area contributed by atoms with Gasteiger partial charge in [0, 0.05) is 0 Å². The predicted molar refractivity (Wildman–Crippen MR) is 112 cm³/mol. The van der Waals surface area contributed by atoms with E-state index in [4.69, 9.17) is 14.2 Å². The van der Waals surface area contributed by atoms with Crippen molar-refractivity contribution in [3.05, 3.63) is 29.8 Å². The number of methoxy groups -OCH3 is 1. The Morgan fingerprint density at radius 2 is 1.73 bits per heavy atom. The second-order valence-corrected chi connectivity index (χ2v) is 8.42. The number of benzene rings is 1. The van der Waals surface area contributed by atoms with Crippen molar-refractivity contribution in [2.75, 3.05) is 13.7 Å². The molecule has 0 aromatic heterocycles. The number of hydrogen-bond donors (Lipinski definition) is 5. The topological polar surface area (TPSA) is 172 Å². The number of ether oxygens (including phenoxy) is 4. The molecule has 0 unspecified atom stereocenters. The number of esters is 2. The van der Waals surface area contributed by atoms with Crippen LogP contribution in [0.5, 0.6) is 5.75 Å². The van der Waals surface area contributed by atoms with Gasteiger partial charge in [0.1, 0.15) is 36.8 Å². The third kappa shape index (κ3) is 7.10. The van der Waals surface area contributed by atoms with Gasteiger partial charge in [0.15, 0.2) is 5.60 Å². The van der Waals surface area contributed by atoms with Crippen molar-refractivity contribution in [3.8, 4) is 5.75 Å². The number of rotatable bonds is 10. The van der Waals surface area contributed by atoms with E-state index >= 15 is 0 Å². The van der Waals surface area contributed by atoms with E-state index in [2.05, 4.69) is 4.74 Å². The van der Waals surface area contributed by atoms with E-state index in [1.807, 2.05) is 0 Å². The van der Waals surface area contributed by atoms with Crippen LogP contribution in [0.4, 0.5) is 0 Å². The molecule has 0 bridgehead atoms. The van der Waals surface area contributed by atoms with Crippen molar-refractivity contribution in [1.29, 1.82) is 0 Å². The van der Waals surface area contributed by atoms with E-state index in [1.165, 1.54) is 12.1 Å². The van der Waals surface area contributed by atoms with Crippen LogP contribution in [0.15, 0.2) is 24.3 Å². The van der Waals surface area contributed by atoms with Crippen LogP contribution >= 0.6 is 0 Å². The summed E-state index contributed by atoms with van der Waals surface area (Å²) in [7, 11) is 1.16. The van der Waals surface area contributed by atoms with Gasteiger partial charge < -0.3 is 44.5 Å². The van der Waals surface area contributed by atoms with Gasteiger partial charge in [0.05, 0.1) is 20.1 Å². The first-order chi connectivity index (χ1) is 15.5. The molecule has 1 saturated heterocycles. The molecule has 1 aliphatic heterocycles. The lowest BCUT2D eigenvalue weighted by atomic mass is 9.89. The molecule has 1 aromatic carbocycles. The zero-order valence-corrected chi connectivity index (χ0v) is 18.8. The van der Waals surface area contributed by atoms with Crippen LogP contribution in [-0.4, -0.2) is 87.5 Å². The van der Waals surface area contributed by atoms with Gasteiger partial charge in [-0.15, -0.1) is 0 Å². The molecule has 6 atom stereocenters. The quantitative estimate of drug-likeness (QED) is 0.271. The summed E-state index contributed by atoms with van der Waals surface area (Å²) in [5, 5.41) is 49.6. The average molecular weight is 472 g/mol. The second kappa shape index (κ2) is 11.7. The third-order valence-corrected chi connectivity index (χ3v) is 5.18. The summed E-state index contributed by atoms with van der Waals surface area (Å²) < 4.78 is 20.6. The smallest absolute Gasteiger partial charge is 0.339 e. The molecular formula is C22H32O11. The molecule has 0 aliphatic carbocycles. The van der Waals surface area contributed by atoms with Crippen LogP contribution in [0.1, 0.15) is 32.3 Å². The molecule has 186 valence electrons. The van der Waals surface area contributed by atoms with Crippen LogP contribution < -0.4 is 4.74 Å². The zero-order chi connectivity index (χ0) is 24.8. The lowest BCUT2D eigenvalue weighted by molar-refractivity contribution is -0.277. The number of hydrogen-bond acceptors (Lipinski definition) is 11. The highest BCUT2D eigenvalue weighted by Gasteiger charge is 2.45. The molecule has 11 heteroatoms. The Bertz CT molecular complexity index is 779. The molecule has 1 heterocycles. The summed E-state index contributed by atoms with van der Waals surface area (Å²) in [4.78, 5) is 24.1. The van der Waals surface area contributed by atoms with Crippen molar-refractivity contribution in [2.24, 2.45) is 5.92 Å². The highest BCUT2D eigenvalue weighted by molar-refractivity contribution is 5.85. The highest BCUT2D eigenvalue weighted by atomic mass is 16.7. The fourth-order valence-electron chi connectivity index (χ4n) is 3.46. The summed E-state index contributed by atoms with van der Waals surface area (Å²) in [6.45, 7) is 2.84. The van der Waals surface area contributed by atoms with Gasteiger partial charge in [0.2, 0.25) is 6.29 Å². The Morgan fingerprint density at radius 3 is 2.27 bits per heavy atom. The first-order valence-electron chi connectivity index (χ1n) is 10.5. The van der Waals surface area contributed by atoms with Crippen molar-refractivity contribution in [2.45, 2.75) is 69.6 Å². The number of aliphatic hydroxyl groups is 5. The number of carbonyl (C=O) groups excluding carboxylic acids is 2. The van der Waals surface area contributed by atoms with E-state index in [9.17, 15) is 35.1 Å². The lowest BCUT2D eigenvalue weighted by Crippen LogP contribution is -2.60. The van der Waals surface area contributed by atoms with Crippen LogP contribution in [0.3, 0.4) is 0 Å². The molecule has 1 aromatic rings. The Morgan fingerprint density at radius 1 is 1.09 bits per heavy atom. The normalized spacial score (nSPS) is 27.0. The van der Waals surface area contributed by atoms with E-state index in [0.29, 0.717) is 5.56 Å². The van der Waals surface area contributed by atoms with Crippen molar-refractivity contribution < 1.29 is 54.1 Å². The SMILES string of the molecule is COC(=O)C[C@](O)(CC(C)C)C(=O)OCc1ccc(O[C@@H]2O[C@H](CO)[C@@H](O)[C@H](O)[C@H]2O)cc1. The van der Waals surface area contributed by atoms with Crippen LogP contribution in [0.25, 0.3) is 0 Å². The molecule has 33 heavy (non-hydrogen) atoms. The fraction of sp³-hybridized carbons (Fsp3) is 0.636. The van der Waals surface area contributed by atoms with Crippen LogP contribution in [0.2, 0.25) is 0 Å². The van der Waals surface area contributed by atoms with Gasteiger partial charge in [-0.05, 0) is 30.0 Å². The van der Waals surface area contributed by atoms with Gasteiger partial charge in [-0.1, -0.05) is 26.0 Å². The summed E-state index contributed by atoms with van der Waals surface area (Å²) in [6.07, 6.45) is -7.52. The summed E-state index contributed by atoms with van der Waals surface area (Å²) in [6, 6.07) is 6.13. The third-order valence-electron chi connectivity index (χ3n) is 5.18. The van der Waals surface area contributed by atoms with Gasteiger partial charge in [0.25, 0.3) is 0 Å². The van der Waals surface area contributed by atoms with Crippen LogP contribution in [-0.2, 0) is 30.4 Å². The fourth-order valence-corrected chi connectivity index (χ4v) is 3.46. The summed E-state index contributed by atoms with van der Waals surface area (Å²) in [5.74, 6) is -1.50. The number of carbonyl (C=O) groups is 2. The minimum atomic E-state index is -2.01. The first-order valence-corrected chi connectivity index (χ1v) is 10.5. The van der Waals surface area contributed by atoms with Gasteiger partial charge in [-0.3, -0.25) is 4.79 Å². The van der Waals surface area contributed by atoms with Gasteiger partial charge in [-0.2, -0.15) is 0 Å². The molecule has 1 aliphatic rings. The van der Waals surface area contributed by atoms with E-state index < -0.39 is 61.3 Å². The molecule has 0 spiro atoms. The molecule has 0 amide bonds. The Hall–Kier alpha value is -2.28. The maximum absolute atomic E-state index is 12.5. The monoisotopic (exact) mass is 472 g/mol. The zero-order valence-electron chi connectivity index (χ0n) is 18.8. The average Bonchev–Trinajstić information content (AvgIpc) is 2.77. The second-order valence-electron chi connectivity index (χ2n) is 8.42. The standard InChI is InChI=1S/C22H32O11/c1-12(2)8-22(29,9-16(24)30-3)21(28)31-11-13-4-6-14(7-5-13)32-20-19(27)18(26)17(25)15(10-23)33-20/h4-7,12,15,17-20,23,25-27,29H,8-11H2,1-3H3/t15-,17-,18+,19-,20-,22-/m1/s1. The number of aliphatic hydroxyl groups excluding tert-OH is 4. The minimum Gasteiger partial charge on any atom is -0.469 e. The molecule has 0 radical (unpaired) electrons. The molecule has 11 nitrogen and oxygen atoms in total. The van der Waals surface area contributed by atoms with Gasteiger partial charge >= 0.3 is 11.9 Å². The van der Waals surface area contributed by atoms with Crippen molar-refractivity contribution >= 4 is 11.9 Å². The Balaban J connectivity index is 1.98. The predicted octanol–water partition coefficient (Wildman–Crippen LogP) is -0.751. The molecule has 2 rings (SSSR count). The summed E-state index contributed by atoms with van der Waals surface area (Å²) in [5.41, 5.74) is -1.46. The summed E-state index contributed by atoms with van der Waals surface area (Å²) >= 11 is 0. The Labute approximate surface area is 191 Å². The lowest BCUT2D eigenvalue weighted by Gasteiger charge is -2.39. The molecule has 5 N–H and O–H groups in total. The van der Waals surface area contributed by atoms with E-state index in [-0.39, 0.29) is 24.7 Å². The van der Waals surface area contributed by atoms with Crippen molar-refractivity contribution in [1.82, 2.24) is 0 Å². The molecule has 0 saturated carbocycles. The van der Waals surface area contributed by atoms with Crippen molar-refractivity contribution in [3.63, 3.8) is 0 Å². The van der Waals surface area contributed by atoms with E-state index in [0.717, 1.165) is 7.11 Å². The Kier molecular flexibility index (Phi) is 9.58. The highest BCUT2D eigenvalue weighted by Crippen LogP contribution is 2.26. The first kappa shape index (κ1) is 27.0. The van der Waals surface area contributed by atoms with Gasteiger partial charge in [-0.25, -0.2) is 4.79 Å². The maximum Gasteiger partial charge on any atom is 0.339 e. The maximum atomic E-state index is 12.5. The van der Waals surface area contributed by atoms with E-state index in [1.54, 1.807) is 26.0 Å².